The van der Waals surface area contributed by atoms with Crippen LogP contribution in [0.15, 0.2) is 5.38 Å². The standard InChI is InChI=1S/C20H34N2O5S/c1-8-10-22(19(25)27-20(5,6)7)15(13(3)4)11-16(23)17-21-14(12-28-17)18(24)26-9-2/h12-13,15-16,23H,8-11H2,1-7H3/t15-,16+/m1/s1. The number of amides is 1. The van der Waals surface area contributed by atoms with Crippen molar-refractivity contribution in [3.05, 3.63) is 16.1 Å². The highest BCUT2D eigenvalue weighted by atomic mass is 32.1. The summed E-state index contributed by atoms with van der Waals surface area (Å²) in [5.74, 6) is -0.391. The van der Waals surface area contributed by atoms with Crippen LogP contribution in [-0.2, 0) is 9.47 Å². The van der Waals surface area contributed by atoms with E-state index in [9.17, 15) is 14.7 Å². The lowest BCUT2D eigenvalue weighted by Crippen LogP contribution is -2.46. The zero-order valence-corrected chi connectivity index (χ0v) is 18.8. The Labute approximate surface area is 172 Å². The number of hydrogen-bond acceptors (Lipinski definition) is 7. The van der Waals surface area contributed by atoms with Gasteiger partial charge in [-0.15, -0.1) is 11.3 Å². The topological polar surface area (TPSA) is 89.0 Å². The van der Waals surface area contributed by atoms with Gasteiger partial charge in [0, 0.05) is 24.4 Å². The molecule has 28 heavy (non-hydrogen) atoms. The van der Waals surface area contributed by atoms with Crippen molar-refractivity contribution in [3.63, 3.8) is 0 Å². The van der Waals surface area contributed by atoms with Gasteiger partial charge in [-0.3, -0.25) is 0 Å². The van der Waals surface area contributed by atoms with Crippen molar-refractivity contribution < 1.29 is 24.2 Å². The average molecular weight is 415 g/mol. The van der Waals surface area contributed by atoms with Crippen LogP contribution in [0.5, 0.6) is 0 Å². The third-order valence-electron chi connectivity index (χ3n) is 4.02. The number of nitrogens with zero attached hydrogens (tertiary/aromatic N) is 2. The number of ether oxygens (including phenoxy) is 2. The molecule has 160 valence electrons. The molecule has 0 aliphatic rings. The van der Waals surface area contributed by atoms with Crippen LogP contribution in [0.2, 0.25) is 0 Å². The van der Waals surface area contributed by atoms with Crippen LogP contribution in [0, 0.1) is 5.92 Å². The molecule has 0 aliphatic carbocycles. The first-order chi connectivity index (χ1) is 13.0. The highest BCUT2D eigenvalue weighted by molar-refractivity contribution is 7.09. The van der Waals surface area contributed by atoms with E-state index in [4.69, 9.17) is 9.47 Å². The number of aromatic nitrogens is 1. The molecule has 0 bridgehead atoms. The summed E-state index contributed by atoms with van der Waals surface area (Å²) in [4.78, 5) is 30.4. The predicted octanol–water partition coefficient (Wildman–Crippen LogP) is 4.42. The lowest BCUT2D eigenvalue weighted by molar-refractivity contribution is 0.00305. The summed E-state index contributed by atoms with van der Waals surface area (Å²) < 4.78 is 10.5. The van der Waals surface area contributed by atoms with Crippen LogP contribution in [0.25, 0.3) is 0 Å². The van der Waals surface area contributed by atoms with Gasteiger partial charge in [0.05, 0.1) is 6.61 Å². The van der Waals surface area contributed by atoms with Crippen molar-refractivity contribution in [2.24, 2.45) is 5.92 Å². The van der Waals surface area contributed by atoms with Crippen molar-refractivity contribution in [1.82, 2.24) is 9.88 Å². The third-order valence-corrected chi connectivity index (χ3v) is 4.96. The first-order valence-electron chi connectivity index (χ1n) is 9.80. The number of carbonyl (C=O) groups excluding carboxylic acids is 2. The van der Waals surface area contributed by atoms with Gasteiger partial charge in [0.2, 0.25) is 0 Å². The molecule has 0 saturated carbocycles. The van der Waals surface area contributed by atoms with Gasteiger partial charge in [-0.25, -0.2) is 14.6 Å². The SMILES string of the molecule is CCCN(C(=O)OC(C)(C)C)[C@H](C[C@H](O)c1nc(C(=O)OCC)cs1)C(C)C. The normalized spacial score (nSPS) is 13.9. The molecule has 0 aromatic carbocycles. The molecule has 0 radical (unpaired) electrons. The smallest absolute Gasteiger partial charge is 0.410 e. The maximum atomic E-state index is 12.7. The lowest BCUT2D eigenvalue weighted by Gasteiger charge is -2.36. The van der Waals surface area contributed by atoms with Crippen LogP contribution in [0.1, 0.15) is 82.9 Å². The molecular formula is C20H34N2O5S. The Morgan fingerprint density at radius 2 is 1.93 bits per heavy atom. The molecule has 1 N–H and O–H groups in total. The van der Waals surface area contributed by atoms with E-state index < -0.39 is 17.7 Å². The maximum Gasteiger partial charge on any atom is 0.410 e. The molecule has 1 aromatic heterocycles. The Morgan fingerprint density at radius 3 is 2.43 bits per heavy atom. The molecular weight excluding hydrogens is 380 g/mol. The summed E-state index contributed by atoms with van der Waals surface area (Å²) >= 11 is 1.21. The van der Waals surface area contributed by atoms with Crippen molar-refractivity contribution in [3.8, 4) is 0 Å². The van der Waals surface area contributed by atoms with Gasteiger partial charge in [-0.1, -0.05) is 20.8 Å². The number of thiazole rings is 1. The molecule has 8 heteroatoms. The van der Waals surface area contributed by atoms with Gasteiger partial charge in [-0.2, -0.15) is 0 Å². The van der Waals surface area contributed by atoms with Crippen LogP contribution in [0.4, 0.5) is 4.79 Å². The second kappa shape index (κ2) is 10.8. The van der Waals surface area contributed by atoms with E-state index in [1.54, 1.807) is 17.2 Å². The number of rotatable bonds is 9. The van der Waals surface area contributed by atoms with E-state index >= 15 is 0 Å². The Balaban J connectivity index is 2.97. The summed E-state index contributed by atoms with van der Waals surface area (Å²) in [5, 5.41) is 12.7. The first kappa shape index (κ1) is 24.4. The Hall–Kier alpha value is -1.67. The van der Waals surface area contributed by atoms with E-state index in [1.165, 1.54) is 11.3 Å². The number of hydrogen-bond donors (Lipinski definition) is 1. The fraction of sp³-hybridized carbons (Fsp3) is 0.750. The fourth-order valence-electron chi connectivity index (χ4n) is 2.78. The minimum Gasteiger partial charge on any atom is -0.461 e. The Kier molecular flexibility index (Phi) is 9.36. The largest absolute Gasteiger partial charge is 0.461 e. The van der Waals surface area contributed by atoms with Crippen molar-refractivity contribution in [2.75, 3.05) is 13.2 Å². The summed E-state index contributed by atoms with van der Waals surface area (Å²) in [5.41, 5.74) is -0.396. The van der Waals surface area contributed by atoms with Gasteiger partial charge in [0.25, 0.3) is 0 Å². The predicted molar refractivity (Wildman–Crippen MR) is 110 cm³/mol. The molecule has 2 atom stereocenters. The molecule has 0 aliphatic heterocycles. The van der Waals surface area contributed by atoms with Crippen LogP contribution in [-0.4, -0.2) is 51.8 Å². The van der Waals surface area contributed by atoms with E-state index in [0.29, 0.717) is 18.0 Å². The average Bonchev–Trinajstić information content (AvgIpc) is 3.06. The van der Waals surface area contributed by atoms with Crippen LogP contribution >= 0.6 is 11.3 Å². The van der Waals surface area contributed by atoms with Gasteiger partial charge in [0.15, 0.2) is 5.69 Å². The van der Waals surface area contributed by atoms with Gasteiger partial charge in [-0.05, 0) is 40.0 Å². The van der Waals surface area contributed by atoms with E-state index in [0.717, 1.165) is 6.42 Å². The minimum atomic E-state index is -0.887. The highest BCUT2D eigenvalue weighted by Gasteiger charge is 2.32. The second-order valence-electron chi connectivity index (χ2n) is 8.03. The molecule has 0 fully saturated rings. The van der Waals surface area contributed by atoms with Crippen LogP contribution in [0.3, 0.4) is 0 Å². The summed E-state index contributed by atoms with van der Waals surface area (Å²) in [6.07, 6.45) is -0.177. The molecule has 0 saturated heterocycles. The first-order valence-corrected chi connectivity index (χ1v) is 10.7. The van der Waals surface area contributed by atoms with E-state index in [-0.39, 0.29) is 30.4 Å². The van der Waals surface area contributed by atoms with Crippen molar-refractivity contribution >= 4 is 23.4 Å². The maximum absolute atomic E-state index is 12.7. The van der Waals surface area contributed by atoms with Gasteiger partial charge >= 0.3 is 12.1 Å². The lowest BCUT2D eigenvalue weighted by atomic mass is 9.96. The molecule has 7 nitrogen and oxygen atoms in total. The summed E-state index contributed by atoms with van der Waals surface area (Å²) in [6.45, 7) is 14.1. The fourth-order valence-corrected chi connectivity index (χ4v) is 3.57. The van der Waals surface area contributed by atoms with Crippen molar-refractivity contribution in [1.29, 1.82) is 0 Å². The molecule has 0 spiro atoms. The van der Waals surface area contributed by atoms with E-state index in [1.807, 2.05) is 41.5 Å². The zero-order valence-electron chi connectivity index (χ0n) is 18.0. The molecule has 1 aromatic rings. The summed E-state index contributed by atoms with van der Waals surface area (Å²) in [7, 11) is 0. The van der Waals surface area contributed by atoms with Gasteiger partial charge < -0.3 is 19.5 Å². The minimum absolute atomic E-state index is 0.109. The molecule has 1 amide bonds. The highest BCUT2D eigenvalue weighted by Crippen LogP contribution is 2.28. The number of aliphatic hydroxyl groups is 1. The van der Waals surface area contributed by atoms with E-state index in [2.05, 4.69) is 4.98 Å². The monoisotopic (exact) mass is 414 g/mol. The van der Waals surface area contributed by atoms with Gasteiger partial charge in [0.1, 0.15) is 16.7 Å². The molecule has 0 unspecified atom stereocenters. The molecule has 1 heterocycles. The quantitative estimate of drug-likeness (QED) is 0.602. The number of aliphatic hydroxyl groups excluding tert-OH is 1. The van der Waals surface area contributed by atoms with Crippen molar-refractivity contribution in [2.45, 2.75) is 79.1 Å². The van der Waals surface area contributed by atoms with Crippen LogP contribution < -0.4 is 0 Å². The zero-order chi connectivity index (χ0) is 21.5. The molecule has 1 rings (SSSR count). The Bertz CT molecular complexity index is 639. The number of esters is 1. The Morgan fingerprint density at radius 1 is 1.29 bits per heavy atom. The second-order valence-corrected chi connectivity index (χ2v) is 8.92. The summed E-state index contributed by atoms with van der Waals surface area (Å²) in [6, 6.07) is -0.222. The third kappa shape index (κ3) is 7.39. The number of carbonyl (C=O) groups is 2.